The molecule has 0 spiro atoms. The summed E-state index contributed by atoms with van der Waals surface area (Å²) in [6.07, 6.45) is -2.36. The minimum absolute atomic E-state index is 0.0805. The minimum Gasteiger partial charge on any atom is -0.610 e. The average Bonchev–Trinajstić information content (AvgIpc) is 3.91. The van der Waals surface area contributed by atoms with E-state index in [2.05, 4.69) is 47.5 Å². The van der Waals surface area contributed by atoms with Gasteiger partial charge in [-0.05, 0) is 50.4 Å². The zero-order valence-electron chi connectivity index (χ0n) is 39.7. The predicted octanol–water partition coefficient (Wildman–Crippen LogP) is -5.25. The molecule has 2 aromatic rings. The monoisotopic (exact) mass is 1020 g/mol. The molecule has 8 bridgehead atoms. The van der Waals surface area contributed by atoms with Crippen molar-refractivity contribution in [2.45, 2.75) is 112 Å². The first-order valence-electron chi connectivity index (χ1n) is 23.7. The maximum atomic E-state index is 14.9. The van der Waals surface area contributed by atoms with Crippen LogP contribution in [0.3, 0.4) is 0 Å². The zero-order valence-corrected chi connectivity index (χ0v) is 40.6. The number of benzene rings is 1. The summed E-state index contributed by atoms with van der Waals surface area (Å²) in [4.78, 5) is 131. The third-order valence-electron chi connectivity index (χ3n) is 13.5. The number of fused-ring (bicyclic) bond motifs is 6. The number of unbranched alkanes of at least 4 members (excludes halogenated alkanes) is 1. The third-order valence-corrected chi connectivity index (χ3v) is 15.0. The highest BCUT2D eigenvalue weighted by Crippen LogP contribution is 2.33. The van der Waals surface area contributed by atoms with Gasteiger partial charge in [-0.1, -0.05) is 26.7 Å². The summed E-state index contributed by atoms with van der Waals surface area (Å²) in [5.74, 6) is -11.7. The molecule has 1 aromatic carbocycles. The number of hydrogen-bond acceptors (Lipinski definition) is 15. The number of carbonyl (C=O) groups excluding carboxylic acids is 9. The number of primary amides is 1. The van der Waals surface area contributed by atoms with Gasteiger partial charge in [0.2, 0.25) is 58.2 Å². The number of H-pyrrole nitrogens is 1. The van der Waals surface area contributed by atoms with Crippen molar-refractivity contribution >= 4 is 75.2 Å². The molecule has 1 aromatic heterocycles. The second kappa shape index (κ2) is 24.4. The van der Waals surface area contributed by atoms with Crippen LogP contribution in [0.15, 0.2) is 23.2 Å². The van der Waals surface area contributed by atoms with Gasteiger partial charge in [0.25, 0.3) is 0 Å². The molecule has 26 heteroatoms. The fourth-order valence-electron chi connectivity index (χ4n) is 9.62. The molecule has 1 fully saturated rings. The fourth-order valence-corrected chi connectivity index (χ4v) is 11.0. The van der Waals surface area contributed by atoms with E-state index in [1.54, 1.807) is 18.2 Å². The van der Waals surface area contributed by atoms with E-state index in [4.69, 9.17) is 10.5 Å². The molecule has 7 heterocycles. The molecule has 3 unspecified atom stereocenters. The second-order valence-electron chi connectivity index (χ2n) is 18.5. The van der Waals surface area contributed by atoms with Crippen molar-refractivity contribution in [2.24, 2.45) is 23.5 Å². The summed E-state index contributed by atoms with van der Waals surface area (Å²) < 4.78 is 21.3. The van der Waals surface area contributed by atoms with E-state index in [0.717, 1.165) is 11.3 Å². The summed E-state index contributed by atoms with van der Waals surface area (Å²) in [5, 5.41) is 52.7. The van der Waals surface area contributed by atoms with Crippen LogP contribution in [0.2, 0.25) is 0 Å². The van der Waals surface area contributed by atoms with Gasteiger partial charge in [0.1, 0.15) is 41.7 Å². The van der Waals surface area contributed by atoms with Crippen molar-refractivity contribution in [2.75, 3.05) is 52.2 Å². The summed E-state index contributed by atoms with van der Waals surface area (Å²) >= 11 is -2.35. The molecular formula is C45H65N11O14S. The van der Waals surface area contributed by atoms with Crippen LogP contribution >= 0.6 is 0 Å². The van der Waals surface area contributed by atoms with Crippen molar-refractivity contribution in [1.29, 1.82) is 0 Å². The van der Waals surface area contributed by atoms with Crippen molar-refractivity contribution in [1.82, 2.24) is 52.4 Å². The number of ether oxygens (including phenoxy) is 1. The largest absolute Gasteiger partial charge is 0.610 e. The molecule has 6 aliphatic heterocycles. The Morgan fingerprint density at radius 1 is 0.944 bits per heavy atom. The molecule has 6 aliphatic rings. The molecule has 1 saturated heterocycles. The van der Waals surface area contributed by atoms with E-state index in [1.807, 2.05) is 14.0 Å². The predicted molar refractivity (Wildman–Crippen MR) is 252 cm³/mol. The number of rotatable bonds is 11. The van der Waals surface area contributed by atoms with Gasteiger partial charge in [0.15, 0.2) is 6.04 Å². The van der Waals surface area contributed by atoms with Gasteiger partial charge in [0.05, 0.1) is 50.4 Å². The topological polar surface area (TPSA) is 388 Å². The highest BCUT2D eigenvalue weighted by Gasteiger charge is 2.46. The summed E-state index contributed by atoms with van der Waals surface area (Å²) in [6.45, 7) is 1.06. The fraction of sp³-hybridized carbons (Fsp3) is 0.622. The summed E-state index contributed by atoms with van der Waals surface area (Å²) in [6, 6.07) is -5.06. The Labute approximate surface area is 411 Å². The van der Waals surface area contributed by atoms with E-state index >= 15 is 0 Å². The average molecular weight is 1020 g/mol. The molecule has 0 saturated carbocycles. The summed E-state index contributed by atoms with van der Waals surface area (Å²) in [7, 11) is 1.82. The lowest BCUT2D eigenvalue weighted by molar-refractivity contribution is -0.144. The maximum Gasteiger partial charge on any atom is 0.248 e. The molecule has 9 amide bonds. The van der Waals surface area contributed by atoms with E-state index < -0.39 is 176 Å². The van der Waals surface area contributed by atoms with Crippen LogP contribution in [0, 0.1) is 17.8 Å². The van der Waals surface area contributed by atoms with E-state index in [0.29, 0.717) is 42.5 Å². The Morgan fingerprint density at radius 2 is 1.66 bits per heavy atom. The molecule has 390 valence electrons. The van der Waals surface area contributed by atoms with Crippen LogP contribution in [0.5, 0.6) is 5.75 Å². The first-order valence-corrected chi connectivity index (χ1v) is 25.1. The molecule has 8 rings (SSSR count). The number of hydrogen-bond donors (Lipinski definition) is 13. The van der Waals surface area contributed by atoms with Crippen molar-refractivity contribution in [3.63, 3.8) is 0 Å². The SMILES string of the molecule is CC[C@@H]1C(CCCCNC)COc2ccc3c4c([nH]c3c2)[S+]([O-])C[C@@H]2NC(=O)CNC(=O)C1NC(=O)CNC(=O)[C@H](C4)NC(=O)[C@H]([C@@H](C)[C@@H](O)CO)NC(=O)[C@@H]1C[C@@H](O)CN1C(=O)[C@H](CC(N)=O)NC2=O. The quantitative estimate of drug-likeness (QED) is 0.0739. The number of nitrogens with one attached hydrogen (secondary N) is 9. The number of nitrogens with zero attached hydrogens (tertiary/aromatic N) is 1. The molecule has 71 heavy (non-hydrogen) atoms. The standard InChI is InChI=1S/C45H65N11O14S/c1-4-25-22(7-5-6-10-47-3)19-70-24-8-9-26-27-13-29-39(63)48-16-36(62)54-38(25)42(66)49-15-35(61)50-31(20-71(69)44(27)53-28(26)12-24)40(64)52-30(14-34(46)60)45(68)56-17-23(58)11-32(56)41(65)55-37(43(67)51-29)21(2)33(59)18-57/h8-9,12,21-23,25,29-33,37-38,47,53,57-59H,4-7,10-11,13-20H2,1-3H3,(H2,46,60)(H,48,63)(H,49,66)(H,50,61)(H,51,67)(H,52,64)(H,54,62)(H,55,65)/t21-,22?,23+,25+,29-,30-,31-,32-,33-,37-,38?,71?/m0/s1. The van der Waals surface area contributed by atoms with Crippen LogP contribution in [-0.4, -0.2) is 184 Å². The highest BCUT2D eigenvalue weighted by atomic mass is 32.2. The lowest BCUT2D eigenvalue weighted by Gasteiger charge is -2.33. The first kappa shape index (κ1) is 54.3. The number of aromatic amines is 1. The number of carbonyl (C=O) groups is 9. The van der Waals surface area contributed by atoms with Gasteiger partial charge in [0, 0.05) is 53.5 Å². The van der Waals surface area contributed by atoms with E-state index in [-0.39, 0.29) is 23.1 Å². The molecule has 0 aliphatic carbocycles. The summed E-state index contributed by atoms with van der Waals surface area (Å²) in [5.41, 5.74) is 6.04. The first-order chi connectivity index (χ1) is 33.8. The van der Waals surface area contributed by atoms with Crippen LogP contribution < -0.4 is 53.0 Å². The molecule has 0 radical (unpaired) electrons. The lowest BCUT2D eigenvalue weighted by atomic mass is 9.80. The van der Waals surface area contributed by atoms with Crippen LogP contribution in [0.25, 0.3) is 10.9 Å². The number of aromatic nitrogens is 1. The number of aliphatic hydroxyl groups excluding tert-OH is 3. The van der Waals surface area contributed by atoms with Gasteiger partial charge in [-0.2, -0.15) is 0 Å². The number of aliphatic hydroxyl groups is 3. The third kappa shape index (κ3) is 13.3. The molecule has 14 N–H and O–H groups in total. The smallest absolute Gasteiger partial charge is 0.248 e. The Balaban J connectivity index is 1.58. The van der Waals surface area contributed by atoms with Crippen LogP contribution in [-0.2, 0) is 60.7 Å². The number of nitrogens with two attached hydrogens (primary N) is 1. The normalized spacial score (nSPS) is 29.4. The Kier molecular flexibility index (Phi) is 18.6. The van der Waals surface area contributed by atoms with E-state index in [1.165, 1.54) is 6.92 Å². The highest BCUT2D eigenvalue weighted by molar-refractivity contribution is 7.91. The molecule has 25 nitrogen and oxygen atoms in total. The Hall–Kier alpha value is -6.06. The second-order valence-corrected chi connectivity index (χ2v) is 19.9. The molecule has 12 atom stereocenters. The van der Waals surface area contributed by atoms with Gasteiger partial charge < -0.3 is 82.8 Å². The Bertz CT molecular complexity index is 2340. The number of amides is 9. The Morgan fingerprint density at radius 3 is 2.35 bits per heavy atom. The van der Waals surface area contributed by atoms with Crippen molar-refractivity contribution < 1.29 is 67.8 Å². The zero-order chi connectivity index (χ0) is 51.7. The van der Waals surface area contributed by atoms with Gasteiger partial charge in [-0.3, -0.25) is 43.2 Å². The van der Waals surface area contributed by atoms with E-state index in [9.17, 15) is 63.0 Å². The van der Waals surface area contributed by atoms with Gasteiger partial charge >= 0.3 is 0 Å². The van der Waals surface area contributed by atoms with Crippen LogP contribution in [0.1, 0.15) is 57.9 Å². The van der Waals surface area contributed by atoms with Crippen LogP contribution in [0.4, 0.5) is 0 Å². The van der Waals surface area contributed by atoms with Gasteiger partial charge in [-0.25, -0.2) is 0 Å². The van der Waals surface area contributed by atoms with Crippen molar-refractivity contribution in [3.05, 3.63) is 23.8 Å². The molecular weight excluding hydrogens is 951 g/mol. The van der Waals surface area contributed by atoms with Crippen molar-refractivity contribution in [3.8, 4) is 5.75 Å². The maximum absolute atomic E-state index is 14.9. The lowest BCUT2D eigenvalue weighted by Crippen LogP contribution is -2.62. The minimum atomic E-state index is -2.35. The van der Waals surface area contributed by atoms with Gasteiger partial charge in [-0.15, -0.1) is 0 Å².